The van der Waals surface area contributed by atoms with E-state index in [1.54, 1.807) is 0 Å². The molecule has 1 unspecified atom stereocenters. The van der Waals surface area contributed by atoms with Crippen LogP contribution in [0.1, 0.15) is 56.0 Å². The topological polar surface area (TPSA) is 88.2 Å². The van der Waals surface area contributed by atoms with Crippen molar-refractivity contribution in [2.45, 2.75) is 58.2 Å². The summed E-state index contributed by atoms with van der Waals surface area (Å²) >= 11 is 0. The molecule has 4 aromatic heterocycles. The fourth-order valence-electron chi connectivity index (χ4n) is 5.17. The molecule has 1 saturated heterocycles. The number of hydrogen-bond donors (Lipinski definition) is 1. The van der Waals surface area contributed by atoms with Crippen LogP contribution in [0.2, 0.25) is 0 Å². The van der Waals surface area contributed by atoms with Crippen molar-refractivity contribution in [2.24, 2.45) is 11.7 Å². The van der Waals surface area contributed by atoms with E-state index < -0.39 is 0 Å². The lowest BCUT2D eigenvalue weighted by atomic mass is 9.86. The summed E-state index contributed by atoms with van der Waals surface area (Å²) in [4.78, 5) is 9.41. The number of aryl methyl sites for hydroxylation is 1. The third kappa shape index (κ3) is 5.04. The van der Waals surface area contributed by atoms with Gasteiger partial charge in [-0.05, 0) is 69.2 Å². The number of rotatable bonds is 5. The maximum Gasteiger partial charge on any atom is 0.150 e. The molecule has 7 rings (SSSR count). The summed E-state index contributed by atoms with van der Waals surface area (Å²) in [7, 11) is 0. The molecule has 1 saturated carbocycles. The van der Waals surface area contributed by atoms with E-state index in [4.69, 9.17) is 15.5 Å². The molecule has 5 aromatic rings. The SMILES string of the molecule is Cc1ccc2nc(Cn3cnc(-c4cccc5c4cnn5C4CCCCO4)c3)cn2c1.NCC1CCC1. The van der Waals surface area contributed by atoms with Gasteiger partial charge >= 0.3 is 0 Å². The number of hydrogen-bond acceptors (Lipinski definition) is 5. The number of nitrogens with zero attached hydrogens (tertiary/aromatic N) is 6. The van der Waals surface area contributed by atoms with Gasteiger partial charge in [0.1, 0.15) is 5.65 Å². The van der Waals surface area contributed by atoms with E-state index in [2.05, 4.69) is 68.8 Å². The Kier molecular flexibility index (Phi) is 6.76. The molecule has 8 heteroatoms. The minimum atomic E-state index is 0.0257. The summed E-state index contributed by atoms with van der Waals surface area (Å²) in [5.41, 5.74) is 11.6. The molecule has 1 aliphatic heterocycles. The van der Waals surface area contributed by atoms with Crippen molar-refractivity contribution in [2.75, 3.05) is 13.2 Å². The quantitative estimate of drug-likeness (QED) is 0.354. The smallest absolute Gasteiger partial charge is 0.150 e. The number of ether oxygens (including phenoxy) is 1. The van der Waals surface area contributed by atoms with Gasteiger partial charge in [0.05, 0.1) is 36.0 Å². The predicted octanol–water partition coefficient (Wildman–Crippen LogP) is 5.35. The third-order valence-corrected chi connectivity index (χ3v) is 7.53. The van der Waals surface area contributed by atoms with E-state index in [-0.39, 0.29) is 6.23 Å². The van der Waals surface area contributed by atoms with Crippen molar-refractivity contribution < 1.29 is 4.74 Å². The standard InChI is InChI=1S/C24H24N6O.C5H11N/c1-17-8-9-23-27-18(14-29(23)12-17)13-28-15-21(25-16-28)19-5-4-6-22-20(19)11-26-30(22)24-7-2-3-10-31-24;6-4-5-2-1-3-5/h4-6,8-9,11-12,14-16,24H,2-3,7,10,13H2,1H3;5H,1-4,6H2. The highest BCUT2D eigenvalue weighted by Crippen LogP contribution is 2.31. The second-order valence-corrected chi connectivity index (χ2v) is 10.3. The lowest BCUT2D eigenvalue weighted by Gasteiger charge is -2.23. The monoisotopic (exact) mass is 497 g/mol. The van der Waals surface area contributed by atoms with E-state index in [1.807, 2.05) is 23.3 Å². The second-order valence-electron chi connectivity index (χ2n) is 10.3. The van der Waals surface area contributed by atoms with Gasteiger partial charge in [-0.1, -0.05) is 24.6 Å². The van der Waals surface area contributed by atoms with Crippen molar-refractivity contribution in [1.29, 1.82) is 0 Å². The molecule has 0 amide bonds. The van der Waals surface area contributed by atoms with Crippen molar-refractivity contribution in [3.05, 3.63) is 72.7 Å². The lowest BCUT2D eigenvalue weighted by molar-refractivity contribution is -0.0366. The molecule has 0 bridgehead atoms. The molecule has 0 radical (unpaired) electrons. The third-order valence-electron chi connectivity index (χ3n) is 7.53. The fraction of sp³-hybridized carbons (Fsp3) is 0.414. The van der Waals surface area contributed by atoms with Crippen molar-refractivity contribution in [3.63, 3.8) is 0 Å². The van der Waals surface area contributed by atoms with Crippen molar-refractivity contribution in [1.82, 2.24) is 28.7 Å². The van der Waals surface area contributed by atoms with Gasteiger partial charge in [0, 0.05) is 36.1 Å². The average molecular weight is 498 g/mol. The molecule has 0 spiro atoms. The first-order valence-corrected chi connectivity index (χ1v) is 13.4. The summed E-state index contributed by atoms with van der Waals surface area (Å²) in [5.74, 6) is 0.894. The summed E-state index contributed by atoms with van der Waals surface area (Å²) < 4.78 is 12.1. The van der Waals surface area contributed by atoms with Gasteiger partial charge in [0.2, 0.25) is 0 Å². The van der Waals surface area contributed by atoms with Gasteiger partial charge in [-0.25, -0.2) is 14.6 Å². The predicted molar refractivity (Wildman–Crippen MR) is 145 cm³/mol. The minimum Gasteiger partial charge on any atom is -0.356 e. The summed E-state index contributed by atoms with van der Waals surface area (Å²) in [6.45, 7) is 4.49. The molecule has 8 nitrogen and oxygen atoms in total. The Labute approximate surface area is 217 Å². The first-order valence-electron chi connectivity index (χ1n) is 13.4. The van der Waals surface area contributed by atoms with Crippen LogP contribution >= 0.6 is 0 Å². The molecular formula is C29H35N7O. The van der Waals surface area contributed by atoms with E-state index in [1.165, 1.54) is 31.2 Å². The van der Waals surface area contributed by atoms with Gasteiger partial charge in [-0.3, -0.25) is 0 Å². The van der Waals surface area contributed by atoms with Crippen LogP contribution < -0.4 is 5.73 Å². The number of imidazole rings is 2. The molecule has 1 aliphatic carbocycles. The molecule has 1 atom stereocenters. The van der Waals surface area contributed by atoms with Crippen LogP contribution in [-0.4, -0.2) is 41.9 Å². The Morgan fingerprint density at radius 3 is 2.70 bits per heavy atom. The molecule has 1 aromatic carbocycles. The zero-order valence-corrected chi connectivity index (χ0v) is 21.5. The maximum absolute atomic E-state index is 5.95. The first-order chi connectivity index (χ1) is 18.2. The van der Waals surface area contributed by atoms with Gasteiger partial charge in [-0.15, -0.1) is 0 Å². The Balaban J connectivity index is 0.000000372. The van der Waals surface area contributed by atoms with Crippen LogP contribution in [0.15, 0.2) is 61.4 Å². The number of pyridine rings is 1. The summed E-state index contributed by atoms with van der Waals surface area (Å²) in [6.07, 6.45) is 17.6. The van der Waals surface area contributed by atoms with Crippen LogP contribution in [0.5, 0.6) is 0 Å². The molecule has 2 aliphatic rings. The maximum atomic E-state index is 5.95. The van der Waals surface area contributed by atoms with Gasteiger partial charge in [0.15, 0.2) is 6.23 Å². The van der Waals surface area contributed by atoms with Crippen molar-refractivity contribution in [3.8, 4) is 11.3 Å². The van der Waals surface area contributed by atoms with Gasteiger partial charge in [-0.2, -0.15) is 5.10 Å². The van der Waals surface area contributed by atoms with E-state index in [0.29, 0.717) is 6.54 Å². The summed E-state index contributed by atoms with van der Waals surface area (Å²) in [6, 6.07) is 10.4. The number of nitrogens with two attached hydrogens (primary N) is 1. The fourth-order valence-corrected chi connectivity index (χ4v) is 5.17. The van der Waals surface area contributed by atoms with E-state index in [9.17, 15) is 0 Å². The Morgan fingerprint density at radius 1 is 1.03 bits per heavy atom. The summed E-state index contributed by atoms with van der Waals surface area (Å²) in [5, 5.41) is 5.76. The second kappa shape index (κ2) is 10.5. The highest BCUT2D eigenvalue weighted by molar-refractivity contribution is 5.93. The molecule has 2 N–H and O–H groups in total. The van der Waals surface area contributed by atoms with Crippen LogP contribution in [0.3, 0.4) is 0 Å². The number of fused-ring (bicyclic) bond motifs is 2. The Hall–Kier alpha value is -3.49. The van der Waals surface area contributed by atoms with Gasteiger partial charge < -0.3 is 19.4 Å². The first kappa shape index (κ1) is 23.9. The zero-order valence-electron chi connectivity index (χ0n) is 21.5. The number of aromatic nitrogens is 6. The van der Waals surface area contributed by atoms with E-state index >= 15 is 0 Å². The zero-order chi connectivity index (χ0) is 25.2. The van der Waals surface area contributed by atoms with Gasteiger partial charge in [0.25, 0.3) is 0 Å². The Morgan fingerprint density at radius 2 is 1.95 bits per heavy atom. The molecule has 2 fully saturated rings. The van der Waals surface area contributed by atoms with Crippen LogP contribution in [-0.2, 0) is 11.3 Å². The molecule has 192 valence electrons. The molecular weight excluding hydrogens is 462 g/mol. The largest absolute Gasteiger partial charge is 0.356 e. The highest BCUT2D eigenvalue weighted by Gasteiger charge is 2.20. The van der Waals surface area contributed by atoms with Crippen LogP contribution in [0.4, 0.5) is 0 Å². The highest BCUT2D eigenvalue weighted by atomic mass is 16.5. The molecule has 5 heterocycles. The lowest BCUT2D eigenvalue weighted by Crippen LogP contribution is -2.20. The Bertz CT molecular complexity index is 1480. The molecule has 37 heavy (non-hydrogen) atoms. The normalized spacial score (nSPS) is 18.1. The minimum absolute atomic E-state index is 0.0257. The van der Waals surface area contributed by atoms with Crippen LogP contribution in [0, 0.1) is 12.8 Å². The van der Waals surface area contributed by atoms with E-state index in [0.717, 1.165) is 65.4 Å². The van der Waals surface area contributed by atoms with Crippen molar-refractivity contribution >= 4 is 16.6 Å². The number of benzene rings is 1. The van der Waals surface area contributed by atoms with Crippen LogP contribution in [0.25, 0.3) is 27.8 Å². The average Bonchev–Trinajstić information content (AvgIpc) is 3.62.